The number of fused-ring (bicyclic) bond motifs is 1. The second-order valence-corrected chi connectivity index (χ2v) is 9.10. The van der Waals surface area contributed by atoms with Crippen LogP contribution in [0.1, 0.15) is 45.6 Å². The minimum Gasteiger partial charge on any atom is -0.369 e. The molecule has 0 aliphatic carbocycles. The van der Waals surface area contributed by atoms with Gasteiger partial charge < -0.3 is 5.32 Å². The second-order valence-electron chi connectivity index (χ2n) is 7.43. The Morgan fingerprint density at radius 2 is 2.07 bits per heavy atom. The van der Waals surface area contributed by atoms with E-state index < -0.39 is 0 Å². The maximum absolute atomic E-state index is 13.1. The number of thiocarbonyl (C=S) groups is 1. The van der Waals surface area contributed by atoms with E-state index in [-0.39, 0.29) is 11.5 Å². The summed E-state index contributed by atoms with van der Waals surface area (Å²) in [7, 11) is 0. The van der Waals surface area contributed by atoms with Crippen molar-refractivity contribution in [2.45, 2.75) is 40.0 Å². The molecule has 0 bridgehead atoms. The maximum atomic E-state index is 13.1. The average Bonchev–Trinajstić information content (AvgIpc) is 2.95. The van der Waals surface area contributed by atoms with Gasteiger partial charge in [-0.1, -0.05) is 63.7 Å². The van der Waals surface area contributed by atoms with E-state index in [1.54, 1.807) is 29.3 Å². The second kappa shape index (κ2) is 9.54. The number of carbonyl (C=O) groups excluding carboxylic acids is 1. The maximum Gasteiger partial charge on any atom is 0.267 e. The summed E-state index contributed by atoms with van der Waals surface area (Å²) in [6.07, 6.45) is 6.52. The largest absolute Gasteiger partial charge is 0.369 e. The van der Waals surface area contributed by atoms with E-state index in [0.29, 0.717) is 38.7 Å². The number of nitrogens with zero attached hydrogens (tertiary/aromatic N) is 3. The van der Waals surface area contributed by atoms with Gasteiger partial charge in [0, 0.05) is 19.3 Å². The molecule has 3 heterocycles. The fourth-order valence-corrected chi connectivity index (χ4v) is 4.36. The first-order valence-electron chi connectivity index (χ1n) is 9.93. The average molecular weight is 431 g/mol. The van der Waals surface area contributed by atoms with Gasteiger partial charge in [0.15, 0.2) is 0 Å². The number of amides is 1. The highest BCUT2D eigenvalue weighted by molar-refractivity contribution is 8.26. The van der Waals surface area contributed by atoms with Gasteiger partial charge >= 0.3 is 0 Å². The lowest BCUT2D eigenvalue weighted by atomic mass is 10.2. The Labute approximate surface area is 180 Å². The predicted octanol–water partition coefficient (Wildman–Crippen LogP) is 4.15. The monoisotopic (exact) mass is 430 g/mol. The number of aromatic nitrogens is 2. The molecule has 8 heteroatoms. The Bertz CT molecular complexity index is 1010. The Hall–Kier alpha value is -2.19. The minimum absolute atomic E-state index is 0.150. The number of anilines is 1. The highest BCUT2D eigenvalue weighted by atomic mass is 32.2. The molecule has 2 aromatic heterocycles. The number of hydrogen-bond acceptors (Lipinski definition) is 6. The third kappa shape index (κ3) is 4.87. The molecule has 0 unspecified atom stereocenters. The van der Waals surface area contributed by atoms with Gasteiger partial charge in [-0.05, 0) is 30.5 Å². The number of unbranched alkanes of at least 4 members (excludes halogenated alkanes) is 2. The molecule has 1 N–H and O–H groups in total. The molecule has 154 valence electrons. The van der Waals surface area contributed by atoms with Gasteiger partial charge in [-0.2, -0.15) is 0 Å². The molecule has 0 atom stereocenters. The number of hydrogen-bond donors (Lipinski definition) is 1. The van der Waals surface area contributed by atoms with E-state index in [2.05, 4.69) is 17.2 Å². The van der Waals surface area contributed by atoms with E-state index in [1.165, 1.54) is 16.2 Å². The van der Waals surface area contributed by atoms with Crippen molar-refractivity contribution in [2.75, 3.05) is 18.4 Å². The van der Waals surface area contributed by atoms with Gasteiger partial charge in [-0.15, -0.1) is 0 Å². The Morgan fingerprint density at radius 1 is 1.28 bits per heavy atom. The predicted molar refractivity (Wildman–Crippen MR) is 124 cm³/mol. The van der Waals surface area contributed by atoms with Crippen LogP contribution in [0.4, 0.5) is 5.82 Å². The van der Waals surface area contributed by atoms with Crippen LogP contribution in [0.15, 0.2) is 34.1 Å². The zero-order valence-corrected chi connectivity index (χ0v) is 18.6. The summed E-state index contributed by atoms with van der Waals surface area (Å²) >= 11 is 6.62. The van der Waals surface area contributed by atoms with Crippen molar-refractivity contribution < 1.29 is 4.79 Å². The fraction of sp³-hybridized carbons (Fsp3) is 0.429. The van der Waals surface area contributed by atoms with Crippen molar-refractivity contribution in [1.82, 2.24) is 14.3 Å². The first-order chi connectivity index (χ1) is 13.9. The number of rotatable bonds is 8. The van der Waals surface area contributed by atoms with Gasteiger partial charge in [-0.25, -0.2) is 4.98 Å². The van der Waals surface area contributed by atoms with Crippen LogP contribution in [0.25, 0.3) is 11.7 Å². The molecule has 1 fully saturated rings. The molecule has 3 rings (SSSR count). The topological polar surface area (TPSA) is 66.7 Å². The molecule has 1 aliphatic rings. The molecule has 1 amide bonds. The van der Waals surface area contributed by atoms with Crippen LogP contribution in [0, 0.1) is 5.92 Å². The zero-order chi connectivity index (χ0) is 21.0. The lowest BCUT2D eigenvalue weighted by Crippen LogP contribution is -2.31. The molecule has 29 heavy (non-hydrogen) atoms. The summed E-state index contributed by atoms with van der Waals surface area (Å²) in [5.41, 5.74) is 0.748. The Kier molecular flexibility index (Phi) is 7.08. The van der Waals surface area contributed by atoms with Crippen LogP contribution in [0.3, 0.4) is 0 Å². The minimum atomic E-state index is -0.206. The number of pyridine rings is 1. The Balaban J connectivity index is 2.01. The third-order valence-electron chi connectivity index (χ3n) is 4.54. The van der Waals surface area contributed by atoms with Gasteiger partial charge in [0.25, 0.3) is 11.5 Å². The summed E-state index contributed by atoms with van der Waals surface area (Å²) in [5.74, 6) is 0.662. The first kappa shape index (κ1) is 21.5. The van der Waals surface area contributed by atoms with Crippen molar-refractivity contribution in [3.63, 3.8) is 0 Å². The van der Waals surface area contributed by atoms with Crippen LogP contribution in [0.2, 0.25) is 0 Å². The van der Waals surface area contributed by atoms with Gasteiger partial charge in [0.1, 0.15) is 15.8 Å². The van der Waals surface area contributed by atoms with Gasteiger partial charge in [-0.3, -0.25) is 18.9 Å². The van der Waals surface area contributed by atoms with Crippen molar-refractivity contribution in [3.8, 4) is 0 Å². The van der Waals surface area contributed by atoms with Crippen LogP contribution >= 0.6 is 24.0 Å². The number of carbonyl (C=O) groups is 1. The normalized spacial score (nSPS) is 15.9. The van der Waals surface area contributed by atoms with E-state index in [0.717, 1.165) is 25.8 Å². The third-order valence-corrected chi connectivity index (χ3v) is 5.92. The van der Waals surface area contributed by atoms with Crippen LogP contribution < -0.4 is 10.9 Å². The number of thioether (sulfide) groups is 1. The fourth-order valence-electron chi connectivity index (χ4n) is 3.10. The molecule has 1 aliphatic heterocycles. The highest BCUT2D eigenvalue weighted by Gasteiger charge is 2.32. The lowest BCUT2D eigenvalue weighted by Gasteiger charge is -2.16. The SMILES string of the molecule is CCCCCNc1nc2ccccn2c(=O)c1C=C1SC(=S)N(CC(C)C)C1=O. The molecule has 6 nitrogen and oxygen atoms in total. The zero-order valence-electron chi connectivity index (χ0n) is 17.0. The summed E-state index contributed by atoms with van der Waals surface area (Å²) in [5, 5.41) is 3.29. The van der Waals surface area contributed by atoms with Crippen LogP contribution in [-0.4, -0.2) is 37.6 Å². The lowest BCUT2D eigenvalue weighted by molar-refractivity contribution is -0.122. The van der Waals surface area contributed by atoms with E-state index in [9.17, 15) is 9.59 Å². The highest BCUT2D eigenvalue weighted by Crippen LogP contribution is 2.33. The number of nitrogens with one attached hydrogen (secondary N) is 1. The molecular formula is C21H26N4O2S2. The van der Waals surface area contributed by atoms with E-state index in [1.807, 2.05) is 19.9 Å². The summed E-state index contributed by atoms with van der Waals surface area (Å²) in [6, 6.07) is 5.43. The van der Waals surface area contributed by atoms with Crippen molar-refractivity contribution in [1.29, 1.82) is 0 Å². The smallest absolute Gasteiger partial charge is 0.267 e. The Morgan fingerprint density at radius 3 is 2.79 bits per heavy atom. The van der Waals surface area contributed by atoms with Crippen molar-refractivity contribution in [2.24, 2.45) is 5.92 Å². The van der Waals surface area contributed by atoms with Crippen molar-refractivity contribution in [3.05, 3.63) is 45.2 Å². The molecule has 1 saturated heterocycles. The first-order valence-corrected chi connectivity index (χ1v) is 11.2. The van der Waals surface area contributed by atoms with Crippen LogP contribution in [0.5, 0.6) is 0 Å². The van der Waals surface area contributed by atoms with E-state index >= 15 is 0 Å². The summed E-state index contributed by atoms with van der Waals surface area (Å²) in [6.45, 7) is 7.52. The molecule has 0 spiro atoms. The van der Waals surface area contributed by atoms with Gasteiger partial charge in [0.05, 0.1) is 10.5 Å². The standard InChI is InChI=1S/C21H26N4O2S2/c1-4-5-7-10-22-18-15(19(26)24-11-8-6-9-17(24)23-18)12-16-20(27)25(13-14(2)3)21(28)29-16/h6,8-9,11-12,14,22H,4-5,7,10,13H2,1-3H3. The van der Waals surface area contributed by atoms with Gasteiger partial charge in [0.2, 0.25) is 0 Å². The molecule has 0 saturated carbocycles. The summed E-state index contributed by atoms with van der Waals surface area (Å²) in [4.78, 5) is 32.7. The van der Waals surface area contributed by atoms with E-state index in [4.69, 9.17) is 12.2 Å². The molecule has 0 radical (unpaired) electrons. The summed E-state index contributed by atoms with van der Waals surface area (Å²) < 4.78 is 2.03. The quantitative estimate of drug-likeness (QED) is 0.385. The van der Waals surface area contributed by atoms with Crippen LogP contribution in [-0.2, 0) is 4.79 Å². The van der Waals surface area contributed by atoms with Crippen molar-refractivity contribution >= 4 is 51.7 Å². The molecule has 2 aromatic rings. The molecular weight excluding hydrogens is 404 g/mol. The molecule has 0 aromatic carbocycles.